The normalized spacial score (nSPS) is 15.0. The Hall–Kier alpha value is -2.22. The molecule has 0 aliphatic carbocycles. The number of nitrogens with zero attached hydrogens (tertiary/aromatic N) is 1. The smallest absolute Gasteiger partial charge is 0.266 e. The van der Waals surface area contributed by atoms with Crippen LogP contribution in [0.3, 0.4) is 0 Å². The Balaban J connectivity index is 1.73. The van der Waals surface area contributed by atoms with E-state index in [2.05, 4.69) is 0 Å². The lowest BCUT2D eigenvalue weighted by Crippen LogP contribution is -2.27. The minimum atomic E-state index is -0.0973. The number of halogens is 1. The van der Waals surface area contributed by atoms with E-state index in [9.17, 15) is 4.79 Å². The second kappa shape index (κ2) is 10.7. The second-order valence-electron chi connectivity index (χ2n) is 6.20. The standard InChI is InChI=1S/C22H22ClNO4S2/c1-3-24-21(25)19(30-22(24)29)14-15-12-17(23)20(18(13-15)26-4-2)28-11-10-27-16-8-6-5-7-9-16/h5-9,12-14H,3-4,10-11H2,1-2H3/b19-14-. The zero-order valence-corrected chi connectivity index (χ0v) is 19.1. The predicted molar refractivity (Wildman–Crippen MR) is 126 cm³/mol. The van der Waals surface area contributed by atoms with Crippen molar-refractivity contribution in [3.05, 3.63) is 58.0 Å². The first-order valence-corrected chi connectivity index (χ1v) is 11.2. The van der Waals surface area contributed by atoms with Crippen molar-refractivity contribution in [3.63, 3.8) is 0 Å². The van der Waals surface area contributed by atoms with Crippen LogP contribution in [-0.2, 0) is 4.79 Å². The second-order valence-corrected chi connectivity index (χ2v) is 8.28. The number of para-hydroxylation sites is 1. The molecule has 0 bridgehead atoms. The molecule has 1 aliphatic heterocycles. The Morgan fingerprint density at radius 2 is 1.83 bits per heavy atom. The fraction of sp³-hybridized carbons (Fsp3) is 0.273. The predicted octanol–water partition coefficient (Wildman–Crippen LogP) is 5.42. The van der Waals surface area contributed by atoms with Crippen molar-refractivity contribution in [2.45, 2.75) is 13.8 Å². The maximum Gasteiger partial charge on any atom is 0.266 e. The SMILES string of the molecule is CCOc1cc(/C=C2\SC(=S)N(CC)C2=O)cc(Cl)c1OCCOc1ccccc1. The number of thioether (sulfide) groups is 1. The molecule has 0 unspecified atom stereocenters. The molecule has 5 nitrogen and oxygen atoms in total. The molecule has 3 rings (SSSR count). The monoisotopic (exact) mass is 463 g/mol. The van der Waals surface area contributed by atoms with Crippen LogP contribution in [0.1, 0.15) is 19.4 Å². The molecule has 0 N–H and O–H groups in total. The zero-order chi connectivity index (χ0) is 21.5. The maximum absolute atomic E-state index is 12.5. The third-order valence-corrected chi connectivity index (χ3v) is 5.82. The Bertz CT molecular complexity index is 950. The average Bonchev–Trinajstić information content (AvgIpc) is 3.00. The zero-order valence-electron chi connectivity index (χ0n) is 16.7. The maximum atomic E-state index is 12.5. The minimum absolute atomic E-state index is 0.0973. The molecular weight excluding hydrogens is 442 g/mol. The van der Waals surface area contributed by atoms with Crippen LogP contribution < -0.4 is 14.2 Å². The topological polar surface area (TPSA) is 48.0 Å². The van der Waals surface area contributed by atoms with Gasteiger partial charge in [0.1, 0.15) is 23.3 Å². The van der Waals surface area contributed by atoms with Crippen molar-refractivity contribution < 1.29 is 19.0 Å². The molecule has 1 fully saturated rings. The first kappa shape index (κ1) is 22.5. The van der Waals surface area contributed by atoms with Gasteiger partial charge in [-0.3, -0.25) is 9.69 Å². The summed E-state index contributed by atoms with van der Waals surface area (Å²) in [7, 11) is 0. The molecule has 8 heteroatoms. The van der Waals surface area contributed by atoms with Crippen LogP contribution in [0.4, 0.5) is 0 Å². The van der Waals surface area contributed by atoms with Gasteiger partial charge in [0, 0.05) is 6.54 Å². The first-order valence-electron chi connectivity index (χ1n) is 9.55. The molecule has 0 atom stereocenters. The van der Waals surface area contributed by atoms with Gasteiger partial charge in [0.15, 0.2) is 11.5 Å². The quantitative estimate of drug-likeness (QED) is 0.281. The summed E-state index contributed by atoms with van der Waals surface area (Å²) < 4.78 is 17.8. The van der Waals surface area contributed by atoms with Gasteiger partial charge in [0.2, 0.25) is 0 Å². The lowest BCUT2D eigenvalue weighted by atomic mass is 10.1. The minimum Gasteiger partial charge on any atom is -0.490 e. The molecule has 0 radical (unpaired) electrons. The van der Waals surface area contributed by atoms with Crippen molar-refractivity contribution in [2.24, 2.45) is 0 Å². The van der Waals surface area contributed by atoms with E-state index >= 15 is 0 Å². The third-order valence-electron chi connectivity index (χ3n) is 4.16. The Kier molecular flexibility index (Phi) is 8.01. The van der Waals surface area contributed by atoms with E-state index in [1.807, 2.05) is 44.2 Å². The van der Waals surface area contributed by atoms with Gasteiger partial charge in [-0.15, -0.1) is 0 Å². The lowest BCUT2D eigenvalue weighted by Gasteiger charge is -2.15. The molecule has 30 heavy (non-hydrogen) atoms. The Morgan fingerprint density at radius 1 is 1.10 bits per heavy atom. The van der Waals surface area contributed by atoms with E-state index in [0.717, 1.165) is 11.3 Å². The number of likely N-dealkylation sites (N-methyl/N-ethyl adjacent to an activating group) is 1. The number of carbonyl (C=O) groups excluding carboxylic acids is 1. The molecule has 2 aromatic rings. The summed E-state index contributed by atoms with van der Waals surface area (Å²) in [5, 5.41) is 0.401. The summed E-state index contributed by atoms with van der Waals surface area (Å²) in [6, 6.07) is 13.1. The number of hydrogen-bond donors (Lipinski definition) is 0. The molecule has 0 saturated carbocycles. The number of carbonyl (C=O) groups is 1. The van der Waals surface area contributed by atoms with E-state index in [1.165, 1.54) is 11.8 Å². The molecule has 1 saturated heterocycles. The van der Waals surface area contributed by atoms with Crippen LogP contribution in [0.25, 0.3) is 6.08 Å². The Morgan fingerprint density at radius 3 is 2.50 bits per heavy atom. The summed E-state index contributed by atoms with van der Waals surface area (Å²) in [6.45, 7) is 5.45. The fourth-order valence-electron chi connectivity index (χ4n) is 2.82. The summed E-state index contributed by atoms with van der Waals surface area (Å²) in [6.07, 6.45) is 1.77. The van der Waals surface area contributed by atoms with Gasteiger partial charge in [-0.2, -0.15) is 0 Å². The fourth-order valence-corrected chi connectivity index (χ4v) is 4.48. The average molecular weight is 464 g/mol. The first-order chi connectivity index (χ1) is 14.5. The summed E-state index contributed by atoms with van der Waals surface area (Å²) >= 11 is 13.0. The van der Waals surface area contributed by atoms with Crippen LogP contribution in [0, 0.1) is 0 Å². The summed E-state index contributed by atoms with van der Waals surface area (Å²) in [5.74, 6) is 1.65. The van der Waals surface area contributed by atoms with E-state index in [1.54, 1.807) is 23.1 Å². The highest BCUT2D eigenvalue weighted by molar-refractivity contribution is 8.26. The highest BCUT2D eigenvalue weighted by Gasteiger charge is 2.30. The summed E-state index contributed by atoms with van der Waals surface area (Å²) in [5.41, 5.74) is 0.743. The molecule has 2 aromatic carbocycles. The van der Waals surface area contributed by atoms with Crippen molar-refractivity contribution in [1.82, 2.24) is 4.90 Å². The molecule has 158 valence electrons. The van der Waals surface area contributed by atoms with Crippen molar-refractivity contribution in [1.29, 1.82) is 0 Å². The molecule has 0 spiro atoms. The molecular formula is C22H22ClNO4S2. The van der Waals surface area contributed by atoms with Gasteiger partial charge in [0.05, 0.1) is 16.5 Å². The number of hydrogen-bond acceptors (Lipinski definition) is 6. The molecule has 1 aliphatic rings. The third kappa shape index (κ3) is 5.47. The molecule has 0 aromatic heterocycles. The highest BCUT2D eigenvalue weighted by Crippen LogP contribution is 2.39. The number of thiocarbonyl (C=S) groups is 1. The van der Waals surface area contributed by atoms with Crippen molar-refractivity contribution in [3.8, 4) is 17.2 Å². The number of rotatable bonds is 9. The van der Waals surface area contributed by atoms with Gasteiger partial charge in [-0.1, -0.05) is 53.8 Å². The van der Waals surface area contributed by atoms with Crippen LogP contribution >= 0.6 is 35.6 Å². The van der Waals surface area contributed by atoms with E-state index < -0.39 is 0 Å². The summed E-state index contributed by atoms with van der Waals surface area (Å²) in [4.78, 5) is 14.6. The van der Waals surface area contributed by atoms with Crippen LogP contribution in [-0.4, -0.2) is 41.5 Å². The number of benzene rings is 2. The van der Waals surface area contributed by atoms with Crippen molar-refractivity contribution >= 4 is 51.9 Å². The van der Waals surface area contributed by atoms with Gasteiger partial charge in [-0.05, 0) is 49.8 Å². The van der Waals surface area contributed by atoms with Crippen molar-refractivity contribution in [2.75, 3.05) is 26.4 Å². The van der Waals surface area contributed by atoms with Crippen LogP contribution in [0.15, 0.2) is 47.4 Å². The highest BCUT2D eigenvalue weighted by atomic mass is 35.5. The van der Waals surface area contributed by atoms with Gasteiger partial charge >= 0.3 is 0 Å². The van der Waals surface area contributed by atoms with E-state index in [-0.39, 0.29) is 5.91 Å². The van der Waals surface area contributed by atoms with Gasteiger partial charge in [-0.25, -0.2) is 0 Å². The van der Waals surface area contributed by atoms with E-state index in [4.69, 9.17) is 38.0 Å². The van der Waals surface area contributed by atoms with Gasteiger partial charge in [0.25, 0.3) is 5.91 Å². The Labute approximate surface area is 190 Å². The largest absolute Gasteiger partial charge is 0.490 e. The van der Waals surface area contributed by atoms with E-state index in [0.29, 0.717) is 52.1 Å². The number of ether oxygens (including phenoxy) is 3. The molecule has 1 amide bonds. The lowest BCUT2D eigenvalue weighted by molar-refractivity contribution is -0.121. The molecule has 1 heterocycles. The van der Waals surface area contributed by atoms with Crippen LogP contribution in [0.2, 0.25) is 5.02 Å². The van der Waals surface area contributed by atoms with Gasteiger partial charge < -0.3 is 14.2 Å². The van der Waals surface area contributed by atoms with Crippen LogP contribution in [0.5, 0.6) is 17.2 Å². The number of amides is 1.